The van der Waals surface area contributed by atoms with Crippen molar-refractivity contribution in [2.45, 2.75) is 13.3 Å². The number of nitrogens with two attached hydrogens (primary N) is 1. The smallest absolute Gasteiger partial charge is 0.439 e. The first-order valence-electron chi connectivity index (χ1n) is 5.60. The number of rotatable bonds is 3. The lowest BCUT2D eigenvalue weighted by Crippen LogP contribution is -2.16. The van der Waals surface area contributed by atoms with Crippen molar-refractivity contribution in [1.29, 1.82) is 0 Å². The lowest BCUT2D eigenvalue weighted by Gasteiger charge is -2.10. The number of aromatic nitrogens is 1. The van der Waals surface area contributed by atoms with Gasteiger partial charge in [-0.1, -0.05) is 0 Å². The van der Waals surface area contributed by atoms with Gasteiger partial charge in [0.1, 0.15) is 11.5 Å². The minimum Gasteiger partial charge on any atom is -0.439 e. The SMILES string of the molecule is Cc1nc(Oc2ccc(OC(F)(F)F)cc2)ccc1N. The second-order valence-electron chi connectivity index (χ2n) is 3.95. The van der Waals surface area contributed by atoms with Gasteiger partial charge in [0, 0.05) is 6.07 Å². The molecule has 2 rings (SSSR count). The van der Waals surface area contributed by atoms with E-state index >= 15 is 0 Å². The van der Waals surface area contributed by atoms with Crippen LogP contribution in [0.2, 0.25) is 0 Å². The summed E-state index contributed by atoms with van der Waals surface area (Å²) >= 11 is 0. The first-order chi connectivity index (χ1) is 9.33. The van der Waals surface area contributed by atoms with E-state index in [2.05, 4.69) is 9.72 Å². The van der Waals surface area contributed by atoms with Gasteiger partial charge in [-0.25, -0.2) is 4.98 Å². The number of alkyl halides is 3. The van der Waals surface area contributed by atoms with E-state index in [-0.39, 0.29) is 5.75 Å². The largest absolute Gasteiger partial charge is 0.573 e. The van der Waals surface area contributed by atoms with Crippen molar-refractivity contribution < 1.29 is 22.6 Å². The molecule has 1 aromatic heterocycles. The van der Waals surface area contributed by atoms with Crippen LogP contribution in [0.3, 0.4) is 0 Å². The van der Waals surface area contributed by atoms with Crippen molar-refractivity contribution in [3.05, 3.63) is 42.1 Å². The quantitative estimate of drug-likeness (QED) is 0.934. The number of benzene rings is 1. The second kappa shape index (κ2) is 5.28. The predicted molar refractivity (Wildman–Crippen MR) is 66.6 cm³/mol. The fraction of sp³-hybridized carbons (Fsp3) is 0.154. The lowest BCUT2D eigenvalue weighted by molar-refractivity contribution is -0.274. The van der Waals surface area contributed by atoms with Crippen molar-refractivity contribution in [3.8, 4) is 17.4 Å². The number of pyridine rings is 1. The number of halogens is 3. The zero-order valence-corrected chi connectivity index (χ0v) is 10.4. The van der Waals surface area contributed by atoms with Gasteiger partial charge in [0.2, 0.25) is 5.88 Å². The molecule has 0 aliphatic carbocycles. The van der Waals surface area contributed by atoms with Gasteiger partial charge in [0.05, 0.1) is 11.4 Å². The Morgan fingerprint density at radius 1 is 1.00 bits per heavy atom. The lowest BCUT2D eigenvalue weighted by atomic mass is 10.3. The van der Waals surface area contributed by atoms with E-state index in [0.717, 1.165) is 12.1 Å². The molecule has 2 aromatic rings. The number of ether oxygens (including phenoxy) is 2. The standard InChI is InChI=1S/C13H11F3N2O2/c1-8-11(17)6-7-12(18-8)19-9-2-4-10(5-3-9)20-13(14,15)16/h2-7H,17H2,1H3. The predicted octanol–water partition coefficient (Wildman–Crippen LogP) is 3.66. The van der Waals surface area contributed by atoms with Crippen LogP contribution in [0.1, 0.15) is 5.69 Å². The Bertz CT molecular complexity index is 598. The number of hydrogen-bond acceptors (Lipinski definition) is 4. The van der Waals surface area contributed by atoms with Crippen LogP contribution in [0.5, 0.6) is 17.4 Å². The summed E-state index contributed by atoms with van der Waals surface area (Å²) in [5.74, 6) is 0.337. The van der Waals surface area contributed by atoms with Crippen LogP contribution in [0.25, 0.3) is 0 Å². The molecule has 106 valence electrons. The third kappa shape index (κ3) is 3.78. The number of nitrogen functional groups attached to an aromatic ring is 1. The Morgan fingerprint density at radius 2 is 1.60 bits per heavy atom. The minimum absolute atomic E-state index is 0.307. The summed E-state index contributed by atoms with van der Waals surface area (Å²) in [5, 5.41) is 0. The molecule has 20 heavy (non-hydrogen) atoms. The molecule has 0 radical (unpaired) electrons. The summed E-state index contributed by atoms with van der Waals surface area (Å²) in [6, 6.07) is 8.24. The van der Waals surface area contributed by atoms with Crippen LogP contribution in [0, 0.1) is 6.92 Å². The molecule has 0 atom stereocenters. The van der Waals surface area contributed by atoms with Crippen molar-refractivity contribution in [1.82, 2.24) is 4.98 Å². The third-order valence-corrected chi connectivity index (χ3v) is 2.38. The highest BCUT2D eigenvalue weighted by Crippen LogP contribution is 2.27. The summed E-state index contributed by atoms with van der Waals surface area (Å²) in [7, 11) is 0. The Kier molecular flexibility index (Phi) is 3.69. The molecule has 1 heterocycles. The van der Waals surface area contributed by atoms with Gasteiger partial charge in [0.25, 0.3) is 0 Å². The maximum Gasteiger partial charge on any atom is 0.573 e. The molecule has 2 N–H and O–H groups in total. The van der Waals surface area contributed by atoms with Crippen LogP contribution in [0.15, 0.2) is 36.4 Å². The molecule has 0 spiro atoms. The van der Waals surface area contributed by atoms with Gasteiger partial charge in [-0.05, 0) is 37.3 Å². The molecule has 0 aliphatic rings. The zero-order valence-electron chi connectivity index (χ0n) is 10.4. The summed E-state index contributed by atoms with van der Waals surface area (Å²) in [5.41, 5.74) is 6.76. The van der Waals surface area contributed by atoms with Gasteiger partial charge >= 0.3 is 6.36 Å². The van der Waals surface area contributed by atoms with Gasteiger partial charge in [0.15, 0.2) is 0 Å². The van der Waals surface area contributed by atoms with E-state index in [1.54, 1.807) is 19.1 Å². The first-order valence-corrected chi connectivity index (χ1v) is 5.60. The highest BCUT2D eigenvalue weighted by Gasteiger charge is 2.30. The number of anilines is 1. The van der Waals surface area contributed by atoms with E-state index in [1.165, 1.54) is 12.1 Å². The Balaban J connectivity index is 2.08. The molecule has 1 aromatic carbocycles. The topological polar surface area (TPSA) is 57.4 Å². The molecule has 0 fully saturated rings. The molecule has 0 amide bonds. The van der Waals surface area contributed by atoms with Gasteiger partial charge < -0.3 is 15.2 Å². The van der Waals surface area contributed by atoms with Gasteiger partial charge in [-0.2, -0.15) is 0 Å². The molecule has 7 heteroatoms. The highest BCUT2D eigenvalue weighted by molar-refractivity contribution is 5.44. The average Bonchev–Trinajstić information content (AvgIpc) is 2.35. The van der Waals surface area contributed by atoms with Crippen molar-refractivity contribution in [3.63, 3.8) is 0 Å². The fourth-order valence-electron chi connectivity index (χ4n) is 1.44. The molecular weight excluding hydrogens is 273 g/mol. The van der Waals surface area contributed by atoms with Crippen LogP contribution >= 0.6 is 0 Å². The number of nitrogens with zero attached hydrogens (tertiary/aromatic N) is 1. The Hall–Kier alpha value is -2.44. The van der Waals surface area contributed by atoms with E-state index in [4.69, 9.17) is 10.5 Å². The van der Waals surface area contributed by atoms with Crippen molar-refractivity contribution >= 4 is 5.69 Å². The normalized spacial score (nSPS) is 11.2. The first kappa shape index (κ1) is 14.0. The number of hydrogen-bond donors (Lipinski definition) is 1. The monoisotopic (exact) mass is 284 g/mol. The van der Waals surface area contributed by atoms with E-state index in [9.17, 15) is 13.2 Å². The molecule has 0 unspecified atom stereocenters. The summed E-state index contributed by atoms with van der Waals surface area (Å²) in [6.45, 7) is 1.72. The fourth-order valence-corrected chi connectivity index (χ4v) is 1.44. The Morgan fingerprint density at radius 3 is 2.15 bits per heavy atom. The van der Waals surface area contributed by atoms with Crippen molar-refractivity contribution in [2.24, 2.45) is 0 Å². The average molecular weight is 284 g/mol. The van der Waals surface area contributed by atoms with E-state index in [1.807, 2.05) is 0 Å². The van der Waals surface area contributed by atoms with Gasteiger partial charge in [-0.15, -0.1) is 13.2 Å². The molecule has 0 aliphatic heterocycles. The minimum atomic E-state index is -4.71. The second-order valence-corrected chi connectivity index (χ2v) is 3.95. The summed E-state index contributed by atoms with van der Waals surface area (Å²) in [6.07, 6.45) is -4.71. The van der Waals surface area contributed by atoms with Crippen LogP contribution in [0.4, 0.5) is 18.9 Å². The summed E-state index contributed by atoms with van der Waals surface area (Å²) in [4.78, 5) is 4.09. The molecule has 0 bridgehead atoms. The van der Waals surface area contributed by atoms with E-state index in [0.29, 0.717) is 23.0 Å². The molecule has 0 saturated heterocycles. The maximum absolute atomic E-state index is 12.0. The third-order valence-electron chi connectivity index (χ3n) is 2.38. The molecular formula is C13H11F3N2O2. The van der Waals surface area contributed by atoms with Gasteiger partial charge in [-0.3, -0.25) is 0 Å². The van der Waals surface area contributed by atoms with Crippen LogP contribution in [-0.4, -0.2) is 11.3 Å². The van der Waals surface area contributed by atoms with E-state index < -0.39 is 6.36 Å². The molecule has 0 saturated carbocycles. The highest BCUT2D eigenvalue weighted by atomic mass is 19.4. The Labute approximate surface area is 113 Å². The maximum atomic E-state index is 12.0. The number of aryl methyl sites for hydroxylation is 1. The van der Waals surface area contributed by atoms with Crippen molar-refractivity contribution in [2.75, 3.05) is 5.73 Å². The zero-order chi connectivity index (χ0) is 14.8. The molecule has 4 nitrogen and oxygen atoms in total. The van der Waals surface area contributed by atoms with Crippen LogP contribution < -0.4 is 15.2 Å². The summed E-state index contributed by atoms with van der Waals surface area (Å²) < 4.78 is 45.1. The van der Waals surface area contributed by atoms with Crippen LogP contribution in [-0.2, 0) is 0 Å².